The van der Waals surface area contributed by atoms with Gasteiger partial charge in [-0.1, -0.05) is 18.2 Å². The normalized spacial score (nSPS) is 22.9. The molecule has 208 valence electrons. The molecule has 3 aliphatic rings. The average molecular weight is 560 g/mol. The fraction of sp³-hybridized carbons (Fsp3) is 0.407. The first-order chi connectivity index (χ1) is 18.5. The molecule has 5 rings (SSSR count). The van der Waals surface area contributed by atoms with E-state index in [-0.39, 0.29) is 36.4 Å². The minimum absolute atomic E-state index is 0.111. The summed E-state index contributed by atoms with van der Waals surface area (Å²) in [4.78, 5) is 53.9. The summed E-state index contributed by atoms with van der Waals surface area (Å²) < 4.78 is 39.2. The van der Waals surface area contributed by atoms with Crippen molar-refractivity contribution < 1.29 is 37.4 Å². The highest BCUT2D eigenvalue weighted by Crippen LogP contribution is 2.47. The summed E-state index contributed by atoms with van der Waals surface area (Å²) in [5.41, 5.74) is 1.02. The van der Waals surface area contributed by atoms with Crippen molar-refractivity contribution in [2.45, 2.75) is 50.8 Å². The van der Waals surface area contributed by atoms with E-state index in [0.717, 1.165) is 10.5 Å². The molecule has 0 bridgehead atoms. The maximum Gasteiger partial charge on any atom is 0.418 e. The van der Waals surface area contributed by atoms with Crippen molar-refractivity contribution in [3.05, 3.63) is 65.0 Å². The molecule has 0 radical (unpaired) electrons. The fourth-order valence-electron chi connectivity index (χ4n) is 5.58. The first-order valence-corrected chi connectivity index (χ1v) is 14.6. The number of halogens is 1. The third-order valence-corrected chi connectivity index (χ3v) is 9.34. The topological polar surface area (TPSA) is 136 Å². The van der Waals surface area contributed by atoms with Crippen molar-refractivity contribution >= 4 is 40.1 Å². The number of carbonyl (C=O) groups is 4. The number of anilines is 1. The van der Waals surface area contributed by atoms with Crippen LogP contribution in [-0.4, -0.2) is 66.8 Å². The maximum absolute atomic E-state index is 13.6. The summed E-state index contributed by atoms with van der Waals surface area (Å²) in [6.07, 6.45) is 0.463. The molecule has 3 N–H and O–H groups in total. The number of amides is 4. The van der Waals surface area contributed by atoms with Gasteiger partial charge in [0.2, 0.25) is 17.4 Å². The smallest absolute Gasteiger partial charge is 0.418 e. The van der Waals surface area contributed by atoms with Crippen LogP contribution < -0.4 is 5.32 Å². The first-order valence-electron chi connectivity index (χ1n) is 12.7. The molecule has 1 spiro atoms. The summed E-state index contributed by atoms with van der Waals surface area (Å²) in [6, 6.07) is 10.4. The average Bonchev–Trinajstić information content (AvgIpc) is 3.35. The molecule has 0 unspecified atom stereocenters. The Hall–Kier alpha value is -3.48. The van der Waals surface area contributed by atoms with Crippen LogP contribution in [0.3, 0.4) is 0 Å². The third-order valence-electron chi connectivity index (χ3n) is 7.56. The summed E-state index contributed by atoms with van der Waals surface area (Å²) in [5.74, 6) is -1.47. The second-order valence-electron chi connectivity index (χ2n) is 10.2. The van der Waals surface area contributed by atoms with E-state index in [1.807, 2.05) is 0 Å². The van der Waals surface area contributed by atoms with Crippen LogP contribution in [0.4, 0.5) is 14.9 Å². The second kappa shape index (κ2) is 10.2. The van der Waals surface area contributed by atoms with Crippen LogP contribution in [0.25, 0.3) is 0 Å². The van der Waals surface area contributed by atoms with Crippen molar-refractivity contribution in [1.82, 2.24) is 9.80 Å². The molecule has 1 atom stereocenters. The molecule has 1 aliphatic carbocycles. The molecule has 2 aromatic rings. The van der Waals surface area contributed by atoms with Gasteiger partial charge < -0.3 is 15.0 Å². The quantitative estimate of drug-likeness (QED) is 0.489. The van der Waals surface area contributed by atoms with Crippen molar-refractivity contribution in [3.63, 3.8) is 0 Å². The zero-order valence-corrected chi connectivity index (χ0v) is 22.2. The number of benzene rings is 2. The van der Waals surface area contributed by atoms with Gasteiger partial charge in [-0.05, 0) is 54.7 Å². The molecule has 2 fully saturated rings. The molecule has 0 aromatic heterocycles. The van der Waals surface area contributed by atoms with E-state index < -0.39 is 46.5 Å². The van der Waals surface area contributed by atoms with E-state index in [0.29, 0.717) is 36.1 Å². The van der Waals surface area contributed by atoms with E-state index in [1.54, 1.807) is 30.3 Å². The number of hydrogen-bond donors (Lipinski definition) is 3. The summed E-state index contributed by atoms with van der Waals surface area (Å²) >= 11 is 0. The van der Waals surface area contributed by atoms with Gasteiger partial charge in [-0.25, -0.2) is 14.1 Å². The van der Waals surface area contributed by atoms with Gasteiger partial charge in [0.05, 0.1) is 0 Å². The Labute approximate surface area is 226 Å². The SMILES string of the molecule is CC(=O)Nc1ccc2c(c1)CC[C@@]21OC(=O)N(CC(=O)N(Cc2ccc(F)cc2)C2CCS(O)(O)CC2)C1=O. The van der Waals surface area contributed by atoms with E-state index in [1.165, 1.54) is 24.0 Å². The van der Waals surface area contributed by atoms with Gasteiger partial charge in [0, 0.05) is 48.7 Å². The summed E-state index contributed by atoms with van der Waals surface area (Å²) in [7, 11) is -2.70. The zero-order chi connectivity index (χ0) is 27.9. The fourth-order valence-corrected chi connectivity index (χ4v) is 7.08. The molecule has 2 aromatic carbocycles. The lowest BCUT2D eigenvalue weighted by molar-refractivity contribution is -0.143. The highest BCUT2D eigenvalue weighted by molar-refractivity contribution is 8.24. The van der Waals surface area contributed by atoms with Gasteiger partial charge in [-0.3, -0.25) is 23.5 Å². The number of aryl methyl sites for hydroxylation is 1. The largest absolute Gasteiger partial charge is 0.427 e. The van der Waals surface area contributed by atoms with Crippen LogP contribution in [0.15, 0.2) is 42.5 Å². The minimum Gasteiger partial charge on any atom is -0.427 e. The van der Waals surface area contributed by atoms with Crippen LogP contribution in [0.1, 0.15) is 42.9 Å². The number of carbonyl (C=O) groups excluding carboxylic acids is 4. The predicted octanol–water partition coefficient (Wildman–Crippen LogP) is 3.85. The molecule has 2 saturated heterocycles. The van der Waals surface area contributed by atoms with Crippen LogP contribution >= 0.6 is 10.6 Å². The molecule has 2 heterocycles. The minimum atomic E-state index is -2.70. The molecule has 4 amide bonds. The Balaban J connectivity index is 1.36. The van der Waals surface area contributed by atoms with Gasteiger partial charge in [0.25, 0.3) is 5.91 Å². The molecule has 39 heavy (non-hydrogen) atoms. The molecule has 12 heteroatoms. The Morgan fingerprint density at radius 2 is 1.85 bits per heavy atom. The first kappa shape index (κ1) is 27.1. The van der Waals surface area contributed by atoms with E-state index >= 15 is 0 Å². The van der Waals surface area contributed by atoms with Crippen LogP contribution in [-0.2, 0) is 37.7 Å². The monoisotopic (exact) mass is 559 g/mol. The van der Waals surface area contributed by atoms with Crippen LogP contribution in [0.2, 0.25) is 0 Å². The van der Waals surface area contributed by atoms with Gasteiger partial charge in [0.15, 0.2) is 0 Å². The zero-order valence-electron chi connectivity index (χ0n) is 21.4. The lowest BCUT2D eigenvalue weighted by atomic mass is 9.94. The molecule has 10 nitrogen and oxygen atoms in total. The number of fused-ring (bicyclic) bond motifs is 2. The van der Waals surface area contributed by atoms with Gasteiger partial charge in [-0.15, -0.1) is 0 Å². The van der Waals surface area contributed by atoms with Crippen molar-refractivity contribution in [3.8, 4) is 0 Å². The molecule has 0 saturated carbocycles. The van der Waals surface area contributed by atoms with Gasteiger partial charge in [-0.2, -0.15) is 10.6 Å². The number of nitrogens with zero attached hydrogens (tertiary/aromatic N) is 2. The van der Waals surface area contributed by atoms with E-state index in [2.05, 4.69) is 5.32 Å². The van der Waals surface area contributed by atoms with Crippen molar-refractivity contribution in [1.29, 1.82) is 0 Å². The second-order valence-corrected chi connectivity index (χ2v) is 12.6. The molecular formula is C27H30FN3O7S. The standard InChI is InChI=1S/C27H30FN3O7S/c1-17(32)29-21-6-7-23-19(14-21)8-11-27(23)25(34)31(26(35)38-27)16-24(33)30(15-18-2-4-20(28)5-3-18)22-9-12-39(36,37)13-10-22/h2-7,14,22,36-37H,8-13,15-16H2,1H3,(H,29,32)/t27-/m1/s1. The number of rotatable bonds is 6. The Bertz CT molecular complexity index is 1330. The summed E-state index contributed by atoms with van der Waals surface area (Å²) in [5, 5.41) is 2.70. The number of ether oxygens (including phenoxy) is 1. The predicted molar refractivity (Wildman–Crippen MR) is 141 cm³/mol. The highest BCUT2D eigenvalue weighted by Gasteiger charge is 2.58. The Morgan fingerprint density at radius 1 is 1.15 bits per heavy atom. The lowest BCUT2D eigenvalue weighted by Crippen LogP contribution is -2.49. The Kier molecular flexibility index (Phi) is 7.12. The Morgan fingerprint density at radius 3 is 2.51 bits per heavy atom. The van der Waals surface area contributed by atoms with E-state index in [9.17, 15) is 32.7 Å². The van der Waals surface area contributed by atoms with Crippen LogP contribution in [0.5, 0.6) is 0 Å². The van der Waals surface area contributed by atoms with E-state index in [4.69, 9.17) is 4.74 Å². The molecular weight excluding hydrogens is 529 g/mol. The van der Waals surface area contributed by atoms with Gasteiger partial charge in [0.1, 0.15) is 12.4 Å². The third kappa shape index (κ3) is 5.36. The van der Waals surface area contributed by atoms with Crippen molar-refractivity contribution in [2.75, 3.05) is 23.4 Å². The summed E-state index contributed by atoms with van der Waals surface area (Å²) in [6.45, 7) is 0.969. The number of hydrogen-bond acceptors (Lipinski definition) is 7. The van der Waals surface area contributed by atoms with Gasteiger partial charge >= 0.3 is 6.09 Å². The molecule has 2 aliphatic heterocycles. The highest BCUT2D eigenvalue weighted by atomic mass is 32.3. The number of nitrogens with one attached hydrogen (secondary N) is 1. The maximum atomic E-state index is 13.6. The van der Waals surface area contributed by atoms with Crippen molar-refractivity contribution in [2.24, 2.45) is 0 Å². The lowest BCUT2D eigenvalue weighted by Gasteiger charge is -2.43. The number of imide groups is 1. The van der Waals surface area contributed by atoms with Crippen LogP contribution in [0, 0.1) is 5.82 Å².